The van der Waals surface area contributed by atoms with Gasteiger partial charge in [0.1, 0.15) is 5.75 Å². The van der Waals surface area contributed by atoms with Gasteiger partial charge in [-0.3, -0.25) is 0 Å². The second-order valence-corrected chi connectivity index (χ2v) is 5.97. The van der Waals surface area contributed by atoms with Crippen LogP contribution < -0.4 is 10.1 Å². The molecule has 1 unspecified atom stereocenters. The number of benzene rings is 1. The molecule has 4 heteroatoms. The van der Waals surface area contributed by atoms with Crippen molar-refractivity contribution in [3.63, 3.8) is 0 Å². The molecule has 1 fully saturated rings. The number of halogens is 1. The van der Waals surface area contributed by atoms with Crippen LogP contribution in [0.15, 0.2) is 6.07 Å². The number of fused-ring (bicyclic) bond motifs is 1. The molecule has 20 heavy (non-hydrogen) atoms. The molecule has 1 saturated heterocycles. The summed E-state index contributed by atoms with van der Waals surface area (Å²) in [5, 5.41) is 4.12. The number of methoxy groups -OCH3 is 1. The van der Waals surface area contributed by atoms with Gasteiger partial charge in [-0.05, 0) is 42.9 Å². The highest BCUT2D eigenvalue weighted by atomic mass is 35.5. The third-order valence-electron chi connectivity index (χ3n) is 4.30. The molecule has 0 radical (unpaired) electrons. The van der Waals surface area contributed by atoms with E-state index in [1.165, 1.54) is 36.0 Å². The third-order valence-corrected chi connectivity index (χ3v) is 4.58. The lowest BCUT2D eigenvalue weighted by molar-refractivity contribution is 0.0257. The van der Waals surface area contributed by atoms with E-state index in [1.54, 1.807) is 7.11 Å². The molecule has 1 atom stereocenters. The van der Waals surface area contributed by atoms with E-state index in [1.807, 2.05) is 0 Å². The summed E-state index contributed by atoms with van der Waals surface area (Å²) in [5.41, 5.74) is 3.99. The molecule has 0 aromatic heterocycles. The maximum absolute atomic E-state index is 6.44. The Balaban J connectivity index is 2.09. The van der Waals surface area contributed by atoms with Crippen molar-refractivity contribution in [1.82, 2.24) is 5.32 Å². The van der Waals surface area contributed by atoms with Crippen molar-refractivity contribution in [1.29, 1.82) is 0 Å². The Bertz CT molecular complexity index is 484. The number of aryl methyl sites for hydroxylation is 1. The van der Waals surface area contributed by atoms with E-state index >= 15 is 0 Å². The SMILES string of the molecule is COc1c(Cl)cc2c(c1C1CNCCO1)CCCCC2. The molecule has 1 aromatic rings. The number of hydrogen-bond donors (Lipinski definition) is 1. The van der Waals surface area contributed by atoms with Gasteiger partial charge < -0.3 is 14.8 Å². The van der Waals surface area contributed by atoms with Crippen LogP contribution in [0, 0.1) is 0 Å². The molecule has 3 rings (SSSR count). The zero-order valence-electron chi connectivity index (χ0n) is 12.0. The van der Waals surface area contributed by atoms with Gasteiger partial charge in [0, 0.05) is 18.7 Å². The summed E-state index contributed by atoms with van der Waals surface area (Å²) in [6.45, 7) is 2.50. The molecule has 1 aromatic carbocycles. The van der Waals surface area contributed by atoms with Crippen LogP contribution in [0.5, 0.6) is 5.75 Å². The molecular weight excluding hydrogens is 274 g/mol. The fraction of sp³-hybridized carbons (Fsp3) is 0.625. The summed E-state index contributed by atoms with van der Waals surface area (Å²) in [6.07, 6.45) is 6.07. The molecule has 1 heterocycles. The third kappa shape index (κ3) is 2.67. The molecule has 110 valence electrons. The lowest BCUT2D eigenvalue weighted by atomic mass is 9.92. The maximum Gasteiger partial charge on any atom is 0.143 e. The Labute approximate surface area is 125 Å². The van der Waals surface area contributed by atoms with Gasteiger partial charge in [-0.1, -0.05) is 18.0 Å². The van der Waals surface area contributed by atoms with Gasteiger partial charge in [0.2, 0.25) is 0 Å². The molecule has 1 aliphatic carbocycles. The van der Waals surface area contributed by atoms with Crippen LogP contribution in [0.4, 0.5) is 0 Å². The lowest BCUT2D eigenvalue weighted by Crippen LogP contribution is -2.34. The number of morpholine rings is 1. The average Bonchev–Trinajstić information content (AvgIpc) is 2.71. The fourth-order valence-corrected chi connectivity index (χ4v) is 3.67. The zero-order chi connectivity index (χ0) is 13.9. The Hall–Kier alpha value is -0.770. The minimum atomic E-state index is 0.0595. The number of hydrogen-bond acceptors (Lipinski definition) is 3. The molecule has 1 aliphatic heterocycles. The van der Waals surface area contributed by atoms with Gasteiger partial charge in [0.15, 0.2) is 0 Å². The molecule has 0 bridgehead atoms. The molecule has 0 spiro atoms. The Kier molecular flexibility index (Phi) is 4.49. The standard InChI is InChI=1S/C16H22ClNO2/c1-19-16-13(17)9-11-5-3-2-4-6-12(11)15(16)14-10-18-7-8-20-14/h9,14,18H,2-8,10H2,1H3. The van der Waals surface area contributed by atoms with E-state index in [9.17, 15) is 0 Å². The fourth-order valence-electron chi connectivity index (χ4n) is 3.36. The summed E-state index contributed by atoms with van der Waals surface area (Å²) < 4.78 is 11.6. The quantitative estimate of drug-likeness (QED) is 0.850. The van der Waals surface area contributed by atoms with Crippen LogP contribution in [0.25, 0.3) is 0 Å². The minimum absolute atomic E-state index is 0.0595. The van der Waals surface area contributed by atoms with E-state index in [0.717, 1.165) is 43.3 Å². The topological polar surface area (TPSA) is 30.5 Å². The normalized spacial score (nSPS) is 23.0. The molecule has 2 aliphatic rings. The Morgan fingerprint density at radius 2 is 2.15 bits per heavy atom. The van der Waals surface area contributed by atoms with Crippen molar-refractivity contribution in [3.8, 4) is 5.75 Å². The van der Waals surface area contributed by atoms with Gasteiger partial charge in [-0.2, -0.15) is 0 Å². The van der Waals surface area contributed by atoms with Crippen molar-refractivity contribution in [3.05, 3.63) is 27.8 Å². The predicted octanol–water partition coefficient (Wildman–Crippen LogP) is 3.28. The van der Waals surface area contributed by atoms with Crippen molar-refractivity contribution < 1.29 is 9.47 Å². The van der Waals surface area contributed by atoms with Gasteiger partial charge in [0.05, 0.1) is 24.8 Å². The summed E-state index contributed by atoms with van der Waals surface area (Å²) in [6, 6.07) is 2.10. The highest BCUT2D eigenvalue weighted by Crippen LogP contribution is 2.41. The summed E-state index contributed by atoms with van der Waals surface area (Å²) in [5.74, 6) is 0.806. The van der Waals surface area contributed by atoms with Crippen molar-refractivity contribution in [2.75, 3.05) is 26.8 Å². The Morgan fingerprint density at radius 1 is 1.30 bits per heavy atom. The first-order chi connectivity index (χ1) is 9.81. The molecular formula is C16H22ClNO2. The number of ether oxygens (including phenoxy) is 2. The van der Waals surface area contributed by atoms with E-state index in [0.29, 0.717) is 0 Å². The second kappa shape index (κ2) is 6.33. The van der Waals surface area contributed by atoms with E-state index in [-0.39, 0.29) is 6.10 Å². The predicted molar refractivity (Wildman–Crippen MR) is 80.8 cm³/mol. The maximum atomic E-state index is 6.44. The highest BCUT2D eigenvalue weighted by molar-refractivity contribution is 6.32. The average molecular weight is 296 g/mol. The first kappa shape index (κ1) is 14.2. The van der Waals surface area contributed by atoms with Crippen LogP contribution in [-0.4, -0.2) is 26.8 Å². The zero-order valence-corrected chi connectivity index (χ0v) is 12.8. The first-order valence-electron chi connectivity index (χ1n) is 7.51. The Morgan fingerprint density at radius 3 is 2.90 bits per heavy atom. The van der Waals surface area contributed by atoms with Crippen molar-refractivity contribution >= 4 is 11.6 Å². The van der Waals surface area contributed by atoms with Crippen LogP contribution in [0.1, 0.15) is 42.1 Å². The molecule has 3 nitrogen and oxygen atoms in total. The minimum Gasteiger partial charge on any atom is -0.495 e. The van der Waals surface area contributed by atoms with Crippen molar-refractivity contribution in [2.45, 2.75) is 38.2 Å². The lowest BCUT2D eigenvalue weighted by Gasteiger charge is -2.29. The first-order valence-corrected chi connectivity index (χ1v) is 7.89. The van der Waals surface area contributed by atoms with Gasteiger partial charge in [-0.25, -0.2) is 0 Å². The van der Waals surface area contributed by atoms with Crippen LogP contribution in [-0.2, 0) is 17.6 Å². The molecule has 0 saturated carbocycles. The van der Waals surface area contributed by atoms with E-state index in [4.69, 9.17) is 21.1 Å². The second-order valence-electron chi connectivity index (χ2n) is 5.57. The summed E-state index contributed by atoms with van der Waals surface area (Å²) in [7, 11) is 1.70. The summed E-state index contributed by atoms with van der Waals surface area (Å²) in [4.78, 5) is 0. The highest BCUT2D eigenvalue weighted by Gasteiger charge is 2.27. The monoisotopic (exact) mass is 295 g/mol. The van der Waals surface area contributed by atoms with E-state index < -0.39 is 0 Å². The van der Waals surface area contributed by atoms with Gasteiger partial charge in [0.25, 0.3) is 0 Å². The number of rotatable bonds is 2. The summed E-state index contributed by atoms with van der Waals surface area (Å²) >= 11 is 6.44. The van der Waals surface area contributed by atoms with Crippen LogP contribution >= 0.6 is 11.6 Å². The van der Waals surface area contributed by atoms with Gasteiger partial charge in [-0.15, -0.1) is 0 Å². The van der Waals surface area contributed by atoms with Crippen LogP contribution in [0.2, 0.25) is 5.02 Å². The van der Waals surface area contributed by atoms with Crippen molar-refractivity contribution in [2.24, 2.45) is 0 Å². The molecule has 1 N–H and O–H groups in total. The molecule has 0 amide bonds. The largest absolute Gasteiger partial charge is 0.495 e. The van der Waals surface area contributed by atoms with Crippen LogP contribution in [0.3, 0.4) is 0 Å². The van der Waals surface area contributed by atoms with Gasteiger partial charge >= 0.3 is 0 Å². The number of nitrogens with one attached hydrogen (secondary N) is 1. The smallest absolute Gasteiger partial charge is 0.143 e. The van der Waals surface area contributed by atoms with E-state index in [2.05, 4.69) is 11.4 Å².